The van der Waals surface area contributed by atoms with Crippen molar-refractivity contribution in [3.8, 4) is 0 Å². The van der Waals surface area contributed by atoms with Crippen molar-refractivity contribution in [2.75, 3.05) is 18.4 Å². The summed E-state index contributed by atoms with van der Waals surface area (Å²) >= 11 is 0. The largest absolute Gasteiger partial charge is 0.325 e. The second-order valence-electron chi connectivity index (χ2n) is 6.50. The van der Waals surface area contributed by atoms with Gasteiger partial charge in [0, 0.05) is 19.2 Å². The third-order valence-corrected chi connectivity index (χ3v) is 4.46. The van der Waals surface area contributed by atoms with Crippen LogP contribution in [0.3, 0.4) is 0 Å². The molecular formula is C19H26N4O. The number of nitrogens with one attached hydrogen (secondary N) is 1. The van der Waals surface area contributed by atoms with Gasteiger partial charge in [-0.2, -0.15) is 5.10 Å². The van der Waals surface area contributed by atoms with Gasteiger partial charge in [0.25, 0.3) is 0 Å². The Hall–Kier alpha value is -2.30. The van der Waals surface area contributed by atoms with Gasteiger partial charge in [0.15, 0.2) is 0 Å². The van der Waals surface area contributed by atoms with Crippen LogP contribution in [0.25, 0.3) is 0 Å². The number of nitrogens with zero attached hydrogens (tertiary/aromatic N) is 3. The molecule has 5 nitrogen and oxygen atoms in total. The minimum atomic E-state index is -0.00823. The van der Waals surface area contributed by atoms with Crippen molar-refractivity contribution in [1.29, 1.82) is 0 Å². The van der Waals surface area contributed by atoms with Gasteiger partial charge < -0.3 is 4.90 Å². The van der Waals surface area contributed by atoms with Gasteiger partial charge in [-0.25, -0.2) is 9.48 Å². The minimum Gasteiger partial charge on any atom is -0.325 e. The summed E-state index contributed by atoms with van der Waals surface area (Å²) in [6, 6.07) is 12.1. The molecule has 0 atom stereocenters. The number of carbonyl (C=O) groups excluding carboxylic acids is 1. The maximum atomic E-state index is 12.6. The highest BCUT2D eigenvalue weighted by atomic mass is 16.2. The lowest BCUT2D eigenvalue weighted by Gasteiger charge is -2.25. The van der Waals surface area contributed by atoms with E-state index in [2.05, 4.69) is 22.5 Å². The van der Waals surface area contributed by atoms with Crippen LogP contribution in [-0.2, 0) is 6.54 Å². The first-order chi connectivity index (χ1) is 11.7. The number of anilines is 1. The van der Waals surface area contributed by atoms with Crippen LogP contribution in [0, 0.1) is 6.92 Å². The molecule has 3 rings (SSSR count). The topological polar surface area (TPSA) is 50.2 Å². The number of hydrogen-bond acceptors (Lipinski definition) is 2. The molecule has 0 radical (unpaired) electrons. The van der Waals surface area contributed by atoms with E-state index in [0.29, 0.717) is 6.54 Å². The molecule has 1 N–H and O–H groups in total. The maximum absolute atomic E-state index is 12.6. The Morgan fingerprint density at radius 3 is 2.46 bits per heavy atom. The average molecular weight is 326 g/mol. The molecule has 2 heterocycles. The number of urea groups is 1. The molecule has 1 fully saturated rings. The van der Waals surface area contributed by atoms with Crippen LogP contribution in [0.15, 0.2) is 36.4 Å². The molecule has 0 spiro atoms. The van der Waals surface area contributed by atoms with Crippen molar-refractivity contribution >= 4 is 11.8 Å². The predicted molar refractivity (Wildman–Crippen MR) is 96.2 cm³/mol. The molecule has 24 heavy (non-hydrogen) atoms. The smallest absolute Gasteiger partial charge is 0.322 e. The highest BCUT2D eigenvalue weighted by Gasteiger charge is 2.17. The highest BCUT2D eigenvalue weighted by Crippen LogP contribution is 2.16. The van der Waals surface area contributed by atoms with Gasteiger partial charge in [-0.15, -0.1) is 0 Å². The van der Waals surface area contributed by atoms with E-state index >= 15 is 0 Å². The van der Waals surface area contributed by atoms with Crippen molar-refractivity contribution in [3.05, 3.63) is 47.7 Å². The van der Waals surface area contributed by atoms with E-state index in [4.69, 9.17) is 0 Å². The Balaban J connectivity index is 1.68. The minimum absolute atomic E-state index is 0.00823. The fourth-order valence-corrected chi connectivity index (χ4v) is 3.16. The third-order valence-electron chi connectivity index (χ3n) is 4.46. The third kappa shape index (κ3) is 4.37. The second-order valence-corrected chi connectivity index (χ2v) is 6.50. The highest BCUT2D eigenvalue weighted by molar-refractivity contribution is 5.88. The molecule has 0 aliphatic carbocycles. The normalized spacial score (nSPS) is 15.6. The molecule has 1 aliphatic heterocycles. The lowest BCUT2D eigenvalue weighted by Crippen LogP contribution is -2.37. The van der Waals surface area contributed by atoms with E-state index in [9.17, 15) is 4.79 Å². The summed E-state index contributed by atoms with van der Waals surface area (Å²) in [6.07, 6.45) is 5.91. The van der Waals surface area contributed by atoms with Gasteiger partial charge >= 0.3 is 6.03 Å². The Labute approximate surface area is 143 Å². The van der Waals surface area contributed by atoms with Crippen LogP contribution in [0.2, 0.25) is 0 Å². The van der Waals surface area contributed by atoms with Crippen LogP contribution >= 0.6 is 0 Å². The molecule has 1 aromatic heterocycles. The van der Waals surface area contributed by atoms with Crippen LogP contribution < -0.4 is 5.32 Å². The summed E-state index contributed by atoms with van der Waals surface area (Å²) in [7, 11) is 0. The quantitative estimate of drug-likeness (QED) is 0.925. The average Bonchev–Trinajstić information content (AvgIpc) is 2.87. The molecule has 0 unspecified atom stereocenters. The van der Waals surface area contributed by atoms with Crippen LogP contribution in [0.4, 0.5) is 10.6 Å². The number of amides is 2. The van der Waals surface area contributed by atoms with Gasteiger partial charge in [0.2, 0.25) is 0 Å². The van der Waals surface area contributed by atoms with Gasteiger partial charge in [0.1, 0.15) is 5.82 Å². The second kappa shape index (κ2) is 7.99. The molecule has 1 aliphatic rings. The first-order valence-corrected chi connectivity index (χ1v) is 8.87. The van der Waals surface area contributed by atoms with Crippen LogP contribution in [-0.4, -0.2) is 33.8 Å². The van der Waals surface area contributed by atoms with Crippen molar-refractivity contribution in [1.82, 2.24) is 14.7 Å². The summed E-state index contributed by atoms with van der Waals surface area (Å²) in [6.45, 7) is 4.30. The zero-order valence-electron chi connectivity index (χ0n) is 14.4. The first kappa shape index (κ1) is 16.6. The number of aryl methyl sites for hydroxylation is 1. The van der Waals surface area contributed by atoms with Crippen molar-refractivity contribution < 1.29 is 4.79 Å². The van der Waals surface area contributed by atoms with Crippen molar-refractivity contribution in [3.63, 3.8) is 0 Å². The van der Waals surface area contributed by atoms with Crippen molar-refractivity contribution in [2.45, 2.75) is 45.6 Å². The molecular weight excluding hydrogens is 300 g/mol. The Morgan fingerprint density at radius 1 is 1.08 bits per heavy atom. The predicted octanol–water partition coefficient (Wildman–Crippen LogP) is 4.04. The van der Waals surface area contributed by atoms with E-state index in [1.807, 2.05) is 40.8 Å². The first-order valence-electron chi connectivity index (χ1n) is 8.87. The summed E-state index contributed by atoms with van der Waals surface area (Å²) < 4.78 is 1.87. The number of hydrogen-bond donors (Lipinski definition) is 1. The van der Waals surface area contributed by atoms with Crippen LogP contribution in [0.5, 0.6) is 0 Å². The van der Waals surface area contributed by atoms with Gasteiger partial charge in [0.05, 0.1) is 12.2 Å². The fourth-order valence-electron chi connectivity index (χ4n) is 3.16. The number of carbonyl (C=O) groups is 1. The van der Waals surface area contributed by atoms with E-state index in [1.165, 1.54) is 24.8 Å². The zero-order valence-corrected chi connectivity index (χ0v) is 14.4. The Bertz CT molecular complexity index is 657. The summed E-state index contributed by atoms with van der Waals surface area (Å²) in [5.74, 6) is 0.767. The maximum Gasteiger partial charge on any atom is 0.322 e. The fraction of sp³-hybridized carbons (Fsp3) is 0.474. The molecule has 1 saturated heterocycles. The van der Waals surface area contributed by atoms with Gasteiger partial charge in [-0.1, -0.05) is 49.6 Å². The standard InChI is InChI=1S/C19H26N4O/c1-16-14-18(23(21-16)15-17-10-6-5-7-11-17)20-19(24)22-12-8-3-2-4-9-13-22/h5-7,10-11,14H,2-4,8-9,12-13,15H2,1H3,(H,20,24). The van der Waals surface area contributed by atoms with Gasteiger partial charge in [-0.3, -0.25) is 5.32 Å². The monoisotopic (exact) mass is 326 g/mol. The molecule has 0 bridgehead atoms. The zero-order chi connectivity index (χ0) is 16.8. The molecule has 2 aromatic rings. The molecule has 5 heteroatoms. The Morgan fingerprint density at radius 2 is 1.75 bits per heavy atom. The SMILES string of the molecule is Cc1cc(NC(=O)N2CCCCCCC2)n(Cc2ccccc2)n1. The van der Waals surface area contributed by atoms with E-state index < -0.39 is 0 Å². The number of aromatic nitrogens is 2. The Kier molecular flexibility index (Phi) is 5.51. The number of rotatable bonds is 3. The molecule has 0 saturated carbocycles. The molecule has 2 amide bonds. The summed E-state index contributed by atoms with van der Waals surface area (Å²) in [5.41, 5.74) is 2.08. The van der Waals surface area contributed by atoms with E-state index in [1.54, 1.807) is 0 Å². The molecule has 128 valence electrons. The summed E-state index contributed by atoms with van der Waals surface area (Å²) in [5, 5.41) is 7.58. The lowest BCUT2D eigenvalue weighted by atomic mass is 10.1. The van der Waals surface area contributed by atoms with E-state index in [-0.39, 0.29) is 6.03 Å². The lowest BCUT2D eigenvalue weighted by molar-refractivity contribution is 0.205. The van der Waals surface area contributed by atoms with Crippen molar-refractivity contribution in [2.24, 2.45) is 0 Å². The number of benzene rings is 1. The number of likely N-dealkylation sites (tertiary alicyclic amines) is 1. The van der Waals surface area contributed by atoms with Gasteiger partial charge in [-0.05, 0) is 25.3 Å². The van der Waals surface area contributed by atoms with Crippen LogP contribution in [0.1, 0.15) is 43.4 Å². The molecule has 1 aromatic carbocycles. The summed E-state index contributed by atoms with van der Waals surface area (Å²) in [4.78, 5) is 14.6. The van der Waals surface area contributed by atoms with E-state index in [0.717, 1.165) is 37.4 Å².